The van der Waals surface area contributed by atoms with Crippen LogP contribution in [0, 0.1) is 6.92 Å². The summed E-state index contributed by atoms with van der Waals surface area (Å²) in [5.41, 5.74) is 3.70. The first-order valence-corrected chi connectivity index (χ1v) is 7.70. The maximum Gasteiger partial charge on any atom is 0.0987 e. The summed E-state index contributed by atoms with van der Waals surface area (Å²) >= 11 is 17.2. The zero-order chi connectivity index (χ0) is 12.4. The Kier molecular flexibility index (Phi) is 4.53. The molecule has 0 bridgehead atoms. The lowest BCUT2D eigenvalue weighted by Crippen LogP contribution is -1.96. The number of halogens is 3. The Morgan fingerprint density at radius 1 is 1.29 bits per heavy atom. The molecule has 0 nitrogen and oxygen atoms in total. The van der Waals surface area contributed by atoms with Gasteiger partial charge in [0.2, 0.25) is 0 Å². The maximum absolute atomic E-state index is 6.15. The molecule has 0 saturated carbocycles. The predicted octanol–water partition coefficient (Wildman–Crippen LogP) is 6.04. The zero-order valence-electron chi connectivity index (χ0n) is 9.21. The average molecular weight is 350 g/mol. The van der Waals surface area contributed by atoms with Crippen LogP contribution < -0.4 is 0 Å². The lowest BCUT2D eigenvalue weighted by atomic mass is 10.0. The largest absolute Gasteiger partial charge is 0.111 e. The van der Waals surface area contributed by atoms with Gasteiger partial charge in [0.1, 0.15) is 0 Å². The van der Waals surface area contributed by atoms with Crippen molar-refractivity contribution in [2.24, 2.45) is 0 Å². The highest BCUT2D eigenvalue weighted by Crippen LogP contribution is 2.40. The van der Waals surface area contributed by atoms with Gasteiger partial charge in [-0.3, -0.25) is 0 Å². The molecule has 0 radical (unpaired) electrons. The summed E-state index contributed by atoms with van der Waals surface area (Å²) in [5.74, 6) is 0. The second-order valence-electron chi connectivity index (χ2n) is 3.88. The summed E-state index contributed by atoms with van der Waals surface area (Å²) in [6.07, 6.45) is 0.916. The van der Waals surface area contributed by atoms with Gasteiger partial charge in [-0.05, 0) is 36.1 Å². The summed E-state index contributed by atoms with van der Waals surface area (Å²) < 4.78 is 1.50. The van der Waals surface area contributed by atoms with Gasteiger partial charge in [0, 0.05) is 4.83 Å². The van der Waals surface area contributed by atoms with Crippen LogP contribution in [0.1, 0.15) is 21.5 Å². The Balaban J connectivity index is 2.20. The first-order valence-electron chi connectivity index (χ1n) is 5.21. The Morgan fingerprint density at radius 3 is 2.59 bits per heavy atom. The fourth-order valence-electron chi connectivity index (χ4n) is 1.71. The molecule has 0 aliphatic rings. The SMILES string of the molecule is Cc1ccccc1CC(Br)c1cc(Cl)sc1Cl. The highest BCUT2D eigenvalue weighted by Gasteiger charge is 2.16. The molecule has 0 aliphatic carbocycles. The normalized spacial score (nSPS) is 12.7. The third-order valence-electron chi connectivity index (χ3n) is 2.68. The van der Waals surface area contributed by atoms with Crippen LogP contribution in [0.5, 0.6) is 0 Å². The van der Waals surface area contributed by atoms with Crippen LogP contribution in [0.2, 0.25) is 8.67 Å². The van der Waals surface area contributed by atoms with Crippen molar-refractivity contribution in [3.8, 4) is 0 Å². The highest BCUT2D eigenvalue weighted by atomic mass is 79.9. The van der Waals surface area contributed by atoms with Crippen LogP contribution >= 0.6 is 50.5 Å². The van der Waals surface area contributed by atoms with Gasteiger partial charge in [0.05, 0.1) is 8.67 Å². The van der Waals surface area contributed by atoms with Gasteiger partial charge in [-0.2, -0.15) is 0 Å². The molecule has 2 rings (SSSR count). The molecule has 1 atom stereocenters. The van der Waals surface area contributed by atoms with Crippen LogP contribution in [0.15, 0.2) is 30.3 Å². The Hall–Kier alpha value is -0.0200. The topological polar surface area (TPSA) is 0 Å². The van der Waals surface area contributed by atoms with Crippen LogP contribution in [-0.2, 0) is 6.42 Å². The maximum atomic E-state index is 6.15. The molecule has 0 aliphatic heterocycles. The van der Waals surface area contributed by atoms with Crippen molar-refractivity contribution < 1.29 is 0 Å². The fraction of sp³-hybridized carbons (Fsp3) is 0.231. The van der Waals surface area contributed by atoms with E-state index in [0.717, 1.165) is 20.7 Å². The molecule has 1 heterocycles. The number of thiophene rings is 1. The molecule has 0 fully saturated rings. The third kappa shape index (κ3) is 3.25. The minimum absolute atomic E-state index is 0.208. The monoisotopic (exact) mass is 348 g/mol. The van der Waals surface area contributed by atoms with E-state index >= 15 is 0 Å². The molecule has 2 aromatic rings. The molecule has 1 unspecified atom stereocenters. The summed E-state index contributed by atoms with van der Waals surface area (Å²) in [4.78, 5) is 0.208. The lowest BCUT2D eigenvalue weighted by Gasteiger charge is -2.11. The molecule has 0 amide bonds. The molecule has 17 heavy (non-hydrogen) atoms. The van der Waals surface area contributed by atoms with E-state index in [2.05, 4.69) is 47.1 Å². The molecular formula is C13H11BrCl2S. The smallest absolute Gasteiger partial charge is 0.0987 e. The summed E-state index contributed by atoms with van der Waals surface area (Å²) in [5, 5.41) is 0. The van der Waals surface area contributed by atoms with Crippen molar-refractivity contribution in [2.45, 2.75) is 18.2 Å². The summed E-state index contributed by atoms with van der Waals surface area (Å²) in [6, 6.07) is 10.3. The van der Waals surface area contributed by atoms with Gasteiger partial charge in [-0.1, -0.05) is 63.4 Å². The quantitative estimate of drug-likeness (QED) is 0.592. The van der Waals surface area contributed by atoms with Crippen molar-refractivity contribution in [2.75, 3.05) is 0 Å². The van der Waals surface area contributed by atoms with Gasteiger partial charge in [0.15, 0.2) is 0 Å². The number of alkyl halides is 1. The Labute approximate surface area is 124 Å². The summed E-state index contributed by atoms with van der Waals surface area (Å²) in [7, 11) is 0. The van der Waals surface area contributed by atoms with Crippen LogP contribution in [0.4, 0.5) is 0 Å². The van der Waals surface area contributed by atoms with Crippen molar-refractivity contribution in [3.63, 3.8) is 0 Å². The Morgan fingerprint density at radius 2 is 2.00 bits per heavy atom. The highest BCUT2D eigenvalue weighted by molar-refractivity contribution is 9.09. The molecule has 90 valence electrons. The van der Waals surface area contributed by atoms with E-state index in [9.17, 15) is 0 Å². The minimum Gasteiger partial charge on any atom is -0.111 e. The van der Waals surface area contributed by atoms with Crippen LogP contribution in [-0.4, -0.2) is 0 Å². The first kappa shape index (κ1) is 13.4. The van der Waals surface area contributed by atoms with Crippen LogP contribution in [0.25, 0.3) is 0 Å². The molecule has 1 aromatic heterocycles. The molecule has 4 heteroatoms. The summed E-state index contributed by atoms with van der Waals surface area (Å²) in [6.45, 7) is 2.12. The molecular weight excluding hydrogens is 339 g/mol. The number of hydrogen-bond donors (Lipinski definition) is 0. The average Bonchev–Trinajstić information content (AvgIpc) is 2.61. The third-order valence-corrected chi connectivity index (χ3v) is 5.02. The molecule has 0 spiro atoms. The number of benzene rings is 1. The standard InChI is InChI=1S/C13H11BrCl2S/c1-8-4-2-3-5-9(8)6-11(14)10-7-12(15)17-13(10)16/h2-5,7,11H,6H2,1H3. The van der Waals surface area contributed by atoms with Crippen molar-refractivity contribution >= 4 is 50.5 Å². The van der Waals surface area contributed by atoms with Gasteiger partial charge in [0.25, 0.3) is 0 Å². The minimum atomic E-state index is 0.208. The van der Waals surface area contributed by atoms with E-state index in [1.54, 1.807) is 0 Å². The van der Waals surface area contributed by atoms with Gasteiger partial charge in [-0.25, -0.2) is 0 Å². The number of hydrogen-bond acceptors (Lipinski definition) is 1. The molecule has 1 aromatic carbocycles. The van der Waals surface area contributed by atoms with E-state index in [-0.39, 0.29) is 4.83 Å². The molecule has 0 N–H and O–H groups in total. The van der Waals surface area contributed by atoms with Gasteiger partial charge in [-0.15, -0.1) is 11.3 Å². The fourth-order valence-corrected chi connectivity index (χ4v) is 4.28. The van der Waals surface area contributed by atoms with Crippen molar-refractivity contribution in [1.29, 1.82) is 0 Å². The van der Waals surface area contributed by atoms with Crippen LogP contribution in [0.3, 0.4) is 0 Å². The van der Waals surface area contributed by atoms with E-state index < -0.39 is 0 Å². The van der Waals surface area contributed by atoms with E-state index in [0.29, 0.717) is 0 Å². The van der Waals surface area contributed by atoms with Crippen molar-refractivity contribution in [3.05, 3.63) is 55.7 Å². The number of aryl methyl sites for hydroxylation is 1. The second-order valence-corrected chi connectivity index (χ2v) is 7.27. The zero-order valence-corrected chi connectivity index (χ0v) is 13.1. The first-order chi connectivity index (χ1) is 8.08. The van der Waals surface area contributed by atoms with E-state index in [1.165, 1.54) is 22.5 Å². The van der Waals surface area contributed by atoms with E-state index in [1.807, 2.05) is 6.07 Å². The second kappa shape index (κ2) is 5.75. The molecule has 0 saturated heterocycles. The Bertz CT molecular complexity index is 522. The van der Waals surface area contributed by atoms with Crippen molar-refractivity contribution in [1.82, 2.24) is 0 Å². The van der Waals surface area contributed by atoms with Gasteiger partial charge >= 0.3 is 0 Å². The lowest BCUT2D eigenvalue weighted by molar-refractivity contribution is 0.944. The predicted molar refractivity (Wildman–Crippen MR) is 80.9 cm³/mol. The van der Waals surface area contributed by atoms with E-state index in [4.69, 9.17) is 23.2 Å². The van der Waals surface area contributed by atoms with Gasteiger partial charge < -0.3 is 0 Å². The number of rotatable bonds is 3.